The molecule has 0 fully saturated rings. The highest BCUT2D eigenvalue weighted by atomic mass is 16.5. The Bertz CT molecular complexity index is 736. The van der Waals surface area contributed by atoms with Gasteiger partial charge in [-0.2, -0.15) is 0 Å². The standard InChI is InChI=1S/C19H27NO4/c1-3-5-7-8-12-24-14-9-10-15-16(13-14)20(11-6-4-2)19(23)18(22)17(15)21/h9-10,13,21-22H,3-8,11-12H2,1-2H3. The summed E-state index contributed by atoms with van der Waals surface area (Å²) in [5.41, 5.74) is 0.0309. The minimum atomic E-state index is -0.591. The molecule has 0 spiro atoms. The molecule has 1 aromatic carbocycles. The summed E-state index contributed by atoms with van der Waals surface area (Å²) in [5.74, 6) is -0.280. The van der Waals surface area contributed by atoms with E-state index in [1.54, 1.807) is 18.2 Å². The third-order valence-electron chi connectivity index (χ3n) is 4.19. The molecule has 2 aromatic rings. The van der Waals surface area contributed by atoms with Crippen LogP contribution in [0, 0.1) is 0 Å². The van der Waals surface area contributed by atoms with Gasteiger partial charge in [0.2, 0.25) is 5.75 Å². The number of aromatic hydroxyl groups is 2. The molecule has 0 saturated carbocycles. The number of aromatic nitrogens is 1. The van der Waals surface area contributed by atoms with Crippen molar-refractivity contribution in [2.24, 2.45) is 0 Å². The average molecular weight is 333 g/mol. The smallest absolute Gasteiger partial charge is 0.297 e. The number of hydrogen-bond acceptors (Lipinski definition) is 4. The molecule has 0 aliphatic heterocycles. The van der Waals surface area contributed by atoms with Crippen LogP contribution < -0.4 is 10.3 Å². The van der Waals surface area contributed by atoms with Crippen LogP contribution in [-0.2, 0) is 6.54 Å². The van der Waals surface area contributed by atoms with E-state index in [4.69, 9.17) is 4.74 Å². The van der Waals surface area contributed by atoms with E-state index in [1.165, 1.54) is 17.4 Å². The lowest BCUT2D eigenvalue weighted by atomic mass is 10.1. The van der Waals surface area contributed by atoms with Crippen molar-refractivity contribution in [3.8, 4) is 17.2 Å². The van der Waals surface area contributed by atoms with Crippen LogP contribution in [0.1, 0.15) is 52.4 Å². The zero-order chi connectivity index (χ0) is 17.5. The van der Waals surface area contributed by atoms with Crippen molar-refractivity contribution < 1.29 is 14.9 Å². The third-order valence-corrected chi connectivity index (χ3v) is 4.19. The van der Waals surface area contributed by atoms with Crippen molar-refractivity contribution in [2.45, 2.75) is 58.9 Å². The fraction of sp³-hybridized carbons (Fsp3) is 0.526. The SMILES string of the molecule is CCCCCCOc1ccc2c(O)c(O)c(=O)n(CCCC)c2c1. The quantitative estimate of drug-likeness (QED) is 0.676. The van der Waals surface area contributed by atoms with Gasteiger partial charge >= 0.3 is 0 Å². The number of benzene rings is 1. The van der Waals surface area contributed by atoms with Crippen molar-refractivity contribution in [2.75, 3.05) is 6.61 Å². The molecule has 0 atom stereocenters. The lowest BCUT2D eigenvalue weighted by Crippen LogP contribution is -2.20. The molecule has 0 bridgehead atoms. The van der Waals surface area contributed by atoms with Gasteiger partial charge in [0.25, 0.3) is 5.56 Å². The summed E-state index contributed by atoms with van der Waals surface area (Å²) in [6, 6.07) is 5.22. The Hall–Kier alpha value is -2.17. The van der Waals surface area contributed by atoms with Crippen LogP contribution >= 0.6 is 0 Å². The summed E-state index contributed by atoms with van der Waals surface area (Å²) in [4.78, 5) is 12.3. The first kappa shape index (κ1) is 18.2. The van der Waals surface area contributed by atoms with Gasteiger partial charge in [-0.1, -0.05) is 39.5 Å². The van der Waals surface area contributed by atoms with Gasteiger partial charge in [-0.05, 0) is 25.0 Å². The second kappa shape index (κ2) is 8.62. The maximum Gasteiger partial charge on any atom is 0.297 e. The first-order valence-electron chi connectivity index (χ1n) is 8.81. The second-order valence-corrected chi connectivity index (χ2v) is 6.10. The number of aryl methyl sites for hydroxylation is 1. The fourth-order valence-electron chi connectivity index (χ4n) is 2.75. The van der Waals surface area contributed by atoms with Crippen molar-refractivity contribution in [1.82, 2.24) is 4.57 Å². The summed E-state index contributed by atoms with van der Waals surface area (Å²) in [5, 5.41) is 20.4. The molecule has 24 heavy (non-hydrogen) atoms. The van der Waals surface area contributed by atoms with Crippen LogP contribution in [-0.4, -0.2) is 21.4 Å². The van der Waals surface area contributed by atoms with Crippen LogP contribution in [0.3, 0.4) is 0 Å². The van der Waals surface area contributed by atoms with Gasteiger partial charge in [-0.15, -0.1) is 0 Å². The number of hydrogen-bond donors (Lipinski definition) is 2. The molecule has 1 aromatic heterocycles. The number of rotatable bonds is 9. The van der Waals surface area contributed by atoms with E-state index in [9.17, 15) is 15.0 Å². The summed E-state index contributed by atoms with van der Waals surface area (Å²) >= 11 is 0. The van der Waals surface area contributed by atoms with E-state index in [2.05, 4.69) is 6.92 Å². The fourth-order valence-corrected chi connectivity index (χ4v) is 2.75. The van der Waals surface area contributed by atoms with E-state index in [0.717, 1.165) is 25.7 Å². The Balaban J connectivity index is 2.31. The Kier molecular flexibility index (Phi) is 6.53. The molecule has 5 heteroatoms. The first-order valence-corrected chi connectivity index (χ1v) is 8.81. The first-order chi connectivity index (χ1) is 11.6. The van der Waals surface area contributed by atoms with E-state index in [1.807, 2.05) is 6.92 Å². The number of nitrogens with zero attached hydrogens (tertiary/aromatic N) is 1. The highest BCUT2D eigenvalue weighted by Crippen LogP contribution is 2.32. The van der Waals surface area contributed by atoms with Gasteiger partial charge in [-0.25, -0.2) is 0 Å². The van der Waals surface area contributed by atoms with Crippen molar-refractivity contribution in [3.05, 3.63) is 28.6 Å². The highest BCUT2D eigenvalue weighted by Gasteiger charge is 2.15. The molecule has 1 heterocycles. The Morgan fingerprint density at radius 3 is 2.46 bits per heavy atom. The molecule has 2 N–H and O–H groups in total. The molecular formula is C19H27NO4. The number of ether oxygens (including phenoxy) is 1. The minimum absolute atomic E-state index is 0.364. The van der Waals surface area contributed by atoms with Crippen LogP contribution in [0.5, 0.6) is 17.2 Å². The molecule has 0 aliphatic rings. The topological polar surface area (TPSA) is 71.7 Å². The van der Waals surface area contributed by atoms with Crippen LogP contribution in [0.25, 0.3) is 10.9 Å². The summed E-state index contributed by atoms with van der Waals surface area (Å²) < 4.78 is 7.28. The van der Waals surface area contributed by atoms with Crippen molar-refractivity contribution in [1.29, 1.82) is 0 Å². The van der Waals surface area contributed by atoms with Crippen molar-refractivity contribution >= 4 is 10.9 Å². The minimum Gasteiger partial charge on any atom is -0.504 e. The van der Waals surface area contributed by atoms with Gasteiger partial charge in [0.05, 0.1) is 12.1 Å². The Labute approximate surface area is 142 Å². The van der Waals surface area contributed by atoms with Crippen molar-refractivity contribution in [3.63, 3.8) is 0 Å². The lowest BCUT2D eigenvalue weighted by molar-refractivity contribution is 0.305. The van der Waals surface area contributed by atoms with Gasteiger partial charge < -0.3 is 19.5 Å². The Morgan fingerprint density at radius 2 is 1.75 bits per heavy atom. The molecule has 0 saturated heterocycles. The van der Waals surface area contributed by atoms with E-state index in [0.29, 0.717) is 29.8 Å². The summed E-state index contributed by atoms with van der Waals surface area (Å²) in [6.07, 6.45) is 6.27. The van der Waals surface area contributed by atoms with Gasteiger partial charge in [-0.3, -0.25) is 4.79 Å². The lowest BCUT2D eigenvalue weighted by Gasteiger charge is -2.14. The maximum atomic E-state index is 12.3. The highest BCUT2D eigenvalue weighted by molar-refractivity contribution is 5.88. The zero-order valence-electron chi connectivity index (χ0n) is 14.5. The normalized spacial score (nSPS) is 11.1. The number of fused-ring (bicyclic) bond motifs is 1. The van der Waals surface area contributed by atoms with Crippen LogP contribution in [0.4, 0.5) is 0 Å². The second-order valence-electron chi connectivity index (χ2n) is 6.10. The van der Waals surface area contributed by atoms with Gasteiger partial charge in [0.15, 0.2) is 5.75 Å². The molecular weight excluding hydrogens is 306 g/mol. The Morgan fingerprint density at radius 1 is 1.00 bits per heavy atom. The third kappa shape index (κ3) is 4.02. The van der Waals surface area contributed by atoms with Crippen LogP contribution in [0.2, 0.25) is 0 Å². The average Bonchev–Trinajstić information content (AvgIpc) is 2.59. The molecule has 0 unspecified atom stereocenters. The number of pyridine rings is 1. The largest absolute Gasteiger partial charge is 0.504 e. The molecule has 0 aliphatic carbocycles. The molecule has 132 valence electrons. The van der Waals surface area contributed by atoms with Gasteiger partial charge in [0, 0.05) is 18.0 Å². The summed E-state index contributed by atoms with van der Waals surface area (Å²) in [7, 11) is 0. The van der Waals surface area contributed by atoms with E-state index < -0.39 is 11.3 Å². The molecule has 5 nitrogen and oxygen atoms in total. The predicted octanol–water partition coefficient (Wildman–Crippen LogP) is 4.17. The monoisotopic (exact) mass is 333 g/mol. The predicted molar refractivity (Wildman–Crippen MR) is 96.1 cm³/mol. The maximum absolute atomic E-state index is 12.3. The van der Waals surface area contributed by atoms with Gasteiger partial charge in [0.1, 0.15) is 5.75 Å². The van der Waals surface area contributed by atoms with Crippen LogP contribution in [0.15, 0.2) is 23.0 Å². The zero-order valence-corrected chi connectivity index (χ0v) is 14.5. The number of unbranched alkanes of at least 4 members (excludes halogenated alkanes) is 4. The molecule has 0 radical (unpaired) electrons. The molecule has 0 amide bonds. The summed E-state index contributed by atoms with van der Waals surface area (Å²) in [6.45, 7) is 5.34. The van der Waals surface area contributed by atoms with E-state index in [-0.39, 0.29) is 5.75 Å². The molecule has 2 rings (SSSR count). The van der Waals surface area contributed by atoms with E-state index >= 15 is 0 Å².